The van der Waals surface area contributed by atoms with Crippen molar-refractivity contribution in [1.29, 1.82) is 0 Å². The van der Waals surface area contributed by atoms with Crippen molar-refractivity contribution in [3.05, 3.63) is 54.1 Å². The second-order valence-electron chi connectivity index (χ2n) is 7.69. The van der Waals surface area contributed by atoms with E-state index in [0.717, 1.165) is 6.54 Å². The van der Waals surface area contributed by atoms with Crippen molar-refractivity contribution in [1.82, 2.24) is 4.57 Å². The SMILES string of the molecule is CCCCCCCCCCCc1n(C)cc[n+]1CCCc1ccccc1. The summed E-state index contributed by atoms with van der Waals surface area (Å²) in [5.41, 5.74) is 1.45. The number of rotatable bonds is 14. The van der Waals surface area contributed by atoms with Gasteiger partial charge in [-0.25, -0.2) is 9.13 Å². The van der Waals surface area contributed by atoms with E-state index in [1.54, 1.807) is 0 Å². The summed E-state index contributed by atoms with van der Waals surface area (Å²) in [6, 6.07) is 10.8. The van der Waals surface area contributed by atoms with Crippen LogP contribution in [0, 0.1) is 0 Å². The Morgan fingerprint density at radius 1 is 0.769 bits per heavy atom. The maximum Gasteiger partial charge on any atom is 0.256 e. The first kappa shape index (κ1) is 20.7. The van der Waals surface area contributed by atoms with E-state index in [0.29, 0.717) is 0 Å². The van der Waals surface area contributed by atoms with Crippen molar-refractivity contribution in [2.75, 3.05) is 0 Å². The molecule has 1 heterocycles. The van der Waals surface area contributed by atoms with Crippen LogP contribution in [0.5, 0.6) is 0 Å². The van der Waals surface area contributed by atoms with Crippen molar-refractivity contribution in [3.63, 3.8) is 0 Å². The van der Waals surface area contributed by atoms with E-state index in [4.69, 9.17) is 0 Å². The fourth-order valence-corrected chi connectivity index (χ4v) is 3.77. The number of aryl methyl sites for hydroxylation is 3. The van der Waals surface area contributed by atoms with Crippen LogP contribution in [0.2, 0.25) is 0 Å². The lowest BCUT2D eigenvalue weighted by Crippen LogP contribution is -2.37. The topological polar surface area (TPSA) is 8.81 Å². The second-order valence-corrected chi connectivity index (χ2v) is 7.69. The molecule has 0 amide bonds. The summed E-state index contributed by atoms with van der Waals surface area (Å²) in [4.78, 5) is 0. The van der Waals surface area contributed by atoms with E-state index in [-0.39, 0.29) is 0 Å². The monoisotopic (exact) mass is 355 g/mol. The van der Waals surface area contributed by atoms with Crippen molar-refractivity contribution in [2.24, 2.45) is 7.05 Å². The zero-order valence-corrected chi connectivity index (χ0v) is 17.1. The van der Waals surface area contributed by atoms with Gasteiger partial charge in [-0.05, 0) is 24.8 Å². The minimum atomic E-state index is 1.13. The van der Waals surface area contributed by atoms with Crippen LogP contribution >= 0.6 is 0 Å². The Labute approximate surface area is 161 Å². The first-order valence-electron chi connectivity index (χ1n) is 10.9. The molecule has 0 spiro atoms. The van der Waals surface area contributed by atoms with Crippen LogP contribution in [-0.4, -0.2) is 4.57 Å². The lowest BCUT2D eigenvalue weighted by molar-refractivity contribution is -0.704. The molecule has 0 aliphatic carbocycles. The summed E-state index contributed by atoms with van der Waals surface area (Å²) < 4.78 is 4.78. The second kappa shape index (κ2) is 12.7. The van der Waals surface area contributed by atoms with Gasteiger partial charge in [0.2, 0.25) is 0 Å². The first-order valence-corrected chi connectivity index (χ1v) is 10.9. The van der Waals surface area contributed by atoms with Crippen LogP contribution in [0.15, 0.2) is 42.7 Å². The Morgan fingerprint density at radius 2 is 1.42 bits per heavy atom. The number of benzene rings is 1. The number of unbranched alkanes of at least 4 members (excludes halogenated alkanes) is 8. The molecule has 0 radical (unpaired) electrons. The van der Waals surface area contributed by atoms with Crippen molar-refractivity contribution < 1.29 is 4.57 Å². The minimum Gasteiger partial charge on any atom is -0.237 e. The predicted molar refractivity (Wildman–Crippen MR) is 111 cm³/mol. The van der Waals surface area contributed by atoms with E-state index >= 15 is 0 Å². The molecule has 2 nitrogen and oxygen atoms in total. The zero-order valence-electron chi connectivity index (χ0n) is 17.1. The van der Waals surface area contributed by atoms with Gasteiger partial charge in [0.15, 0.2) is 0 Å². The highest BCUT2D eigenvalue weighted by Gasteiger charge is 2.13. The van der Waals surface area contributed by atoms with Gasteiger partial charge in [0.05, 0.1) is 13.6 Å². The van der Waals surface area contributed by atoms with E-state index in [1.165, 1.54) is 88.4 Å². The highest BCUT2D eigenvalue weighted by molar-refractivity contribution is 5.14. The summed E-state index contributed by atoms with van der Waals surface area (Å²) in [7, 11) is 2.19. The maximum absolute atomic E-state index is 2.47. The van der Waals surface area contributed by atoms with Gasteiger partial charge in [-0.1, -0.05) is 88.6 Å². The quantitative estimate of drug-likeness (QED) is 0.289. The molecule has 0 atom stereocenters. The zero-order chi connectivity index (χ0) is 18.5. The summed E-state index contributed by atoms with van der Waals surface area (Å²) >= 11 is 0. The van der Waals surface area contributed by atoms with Gasteiger partial charge in [0.1, 0.15) is 12.4 Å². The van der Waals surface area contributed by atoms with E-state index in [2.05, 4.69) is 65.8 Å². The Hall–Kier alpha value is -1.57. The molecule has 2 aromatic rings. The molecule has 26 heavy (non-hydrogen) atoms. The lowest BCUT2D eigenvalue weighted by atomic mass is 10.1. The minimum absolute atomic E-state index is 1.13. The van der Waals surface area contributed by atoms with Gasteiger partial charge in [0, 0.05) is 6.42 Å². The number of aromatic nitrogens is 2. The average molecular weight is 356 g/mol. The summed E-state index contributed by atoms with van der Waals surface area (Å²) in [5, 5.41) is 0. The Bertz CT molecular complexity index is 586. The molecule has 2 rings (SSSR count). The largest absolute Gasteiger partial charge is 0.256 e. The van der Waals surface area contributed by atoms with E-state index in [9.17, 15) is 0 Å². The molecular formula is C24H39N2+. The van der Waals surface area contributed by atoms with E-state index in [1.807, 2.05) is 0 Å². The van der Waals surface area contributed by atoms with Crippen LogP contribution in [0.1, 0.15) is 82.5 Å². The van der Waals surface area contributed by atoms with Crippen molar-refractivity contribution in [3.8, 4) is 0 Å². The lowest BCUT2D eigenvalue weighted by Gasteiger charge is -2.05. The fourth-order valence-electron chi connectivity index (χ4n) is 3.77. The molecular weight excluding hydrogens is 316 g/mol. The predicted octanol–water partition coefficient (Wildman–Crippen LogP) is 6.02. The van der Waals surface area contributed by atoms with Gasteiger partial charge >= 0.3 is 0 Å². The van der Waals surface area contributed by atoms with Crippen LogP contribution in [0.4, 0.5) is 0 Å². The first-order chi connectivity index (χ1) is 12.8. The number of hydrogen-bond acceptors (Lipinski definition) is 0. The third-order valence-electron chi connectivity index (χ3n) is 5.42. The Morgan fingerprint density at radius 3 is 2.12 bits per heavy atom. The van der Waals surface area contributed by atoms with Crippen LogP contribution in [0.3, 0.4) is 0 Å². The van der Waals surface area contributed by atoms with Crippen molar-refractivity contribution >= 4 is 0 Å². The molecule has 1 aromatic heterocycles. The molecule has 2 heteroatoms. The summed E-state index contributed by atoms with van der Waals surface area (Å²) in [5.74, 6) is 1.49. The molecule has 0 unspecified atom stereocenters. The van der Waals surface area contributed by atoms with Gasteiger partial charge in [-0.15, -0.1) is 0 Å². The molecule has 0 aliphatic heterocycles. The van der Waals surface area contributed by atoms with Crippen LogP contribution < -0.4 is 4.57 Å². The van der Waals surface area contributed by atoms with Crippen LogP contribution in [0.25, 0.3) is 0 Å². The maximum atomic E-state index is 2.47. The summed E-state index contributed by atoms with van der Waals surface area (Å²) in [6.45, 7) is 3.42. The smallest absolute Gasteiger partial charge is 0.237 e. The third kappa shape index (κ3) is 7.76. The average Bonchev–Trinajstić information content (AvgIpc) is 3.01. The van der Waals surface area contributed by atoms with Crippen molar-refractivity contribution in [2.45, 2.75) is 90.5 Å². The number of hydrogen-bond donors (Lipinski definition) is 0. The molecule has 0 saturated heterocycles. The molecule has 0 fully saturated rings. The molecule has 1 aromatic carbocycles. The molecule has 144 valence electrons. The fraction of sp³-hybridized carbons (Fsp3) is 0.625. The van der Waals surface area contributed by atoms with Gasteiger partial charge in [-0.2, -0.15) is 0 Å². The van der Waals surface area contributed by atoms with E-state index < -0.39 is 0 Å². The molecule has 0 N–H and O–H groups in total. The summed E-state index contributed by atoms with van der Waals surface area (Å²) in [6.07, 6.45) is 20.7. The molecule has 0 bridgehead atoms. The molecule has 0 saturated carbocycles. The Balaban J connectivity index is 1.62. The highest BCUT2D eigenvalue weighted by atomic mass is 15.1. The van der Waals surface area contributed by atoms with Gasteiger partial charge in [0.25, 0.3) is 5.82 Å². The van der Waals surface area contributed by atoms with Crippen LogP contribution in [-0.2, 0) is 26.4 Å². The van der Waals surface area contributed by atoms with Gasteiger partial charge < -0.3 is 0 Å². The highest BCUT2D eigenvalue weighted by Crippen LogP contribution is 2.11. The normalized spacial score (nSPS) is 11.2. The third-order valence-corrected chi connectivity index (χ3v) is 5.42. The number of imidazole rings is 1. The number of nitrogens with zero attached hydrogens (tertiary/aromatic N) is 2. The Kier molecular flexibility index (Phi) is 10.2. The van der Waals surface area contributed by atoms with Gasteiger partial charge in [-0.3, -0.25) is 0 Å². The standard InChI is InChI=1S/C24H39N2/c1-3-4-5-6-7-8-9-10-14-19-24-25(2)21-22-26(24)20-15-18-23-16-12-11-13-17-23/h11-13,16-17,21-22H,3-10,14-15,18-20H2,1-2H3/q+1. The molecule has 0 aliphatic rings.